The summed E-state index contributed by atoms with van der Waals surface area (Å²) in [6.45, 7) is 4.02. The number of cyclic esters (lactones) is 1. The van der Waals surface area contributed by atoms with Crippen LogP contribution in [0.25, 0.3) is 0 Å². The molecular weight excluding hydrogens is 262 g/mol. The summed E-state index contributed by atoms with van der Waals surface area (Å²) in [4.78, 5) is 11.7. The van der Waals surface area contributed by atoms with Crippen molar-refractivity contribution in [3.05, 3.63) is 0 Å². The van der Waals surface area contributed by atoms with E-state index in [9.17, 15) is 4.79 Å². The zero-order valence-electron chi connectivity index (χ0n) is 11.6. The van der Waals surface area contributed by atoms with E-state index in [1.54, 1.807) is 0 Å². The molecule has 2 atom stereocenters. The fourth-order valence-corrected chi connectivity index (χ4v) is 2.29. The third-order valence-electron chi connectivity index (χ3n) is 3.19. The highest BCUT2D eigenvalue weighted by Gasteiger charge is 2.34. The predicted molar refractivity (Wildman–Crippen MR) is 79.8 cm³/mol. The molecule has 0 aromatic heterocycles. The Morgan fingerprint density at radius 1 is 1.58 bits per heavy atom. The van der Waals surface area contributed by atoms with Crippen LogP contribution in [0.5, 0.6) is 0 Å². The fourth-order valence-electron chi connectivity index (χ4n) is 2.24. The van der Waals surface area contributed by atoms with E-state index in [2.05, 4.69) is 29.7 Å². The Hall–Kier alpha value is -1.17. The van der Waals surface area contributed by atoms with Crippen LogP contribution >= 0.6 is 12.2 Å². The lowest BCUT2D eigenvalue weighted by molar-refractivity contribution is -0.144. The average molecular weight is 285 g/mol. The van der Waals surface area contributed by atoms with E-state index in [0.717, 1.165) is 25.0 Å². The molecule has 0 aromatic carbocycles. The van der Waals surface area contributed by atoms with Gasteiger partial charge in [0.2, 0.25) is 0 Å². The molecule has 0 unspecified atom stereocenters. The second-order valence-corrected chi connectivity index (χ2v) is 5.45. The van der Waals surface area contributed by atoms with Crippen molar-refractivity contribution in [2.45, 2.75) is 58.5 Å². The maximum Gasteiger partial charge on any atom is 0.309 e. The van der Waals surface area contributed by atoms with Gasteiger partial charge in [-0.15, -0.1) is 0 Å². The van der Waals surface area contributed by atoms with Gasteiger partial charge in [0.05, 0.1) is 5.92 Å². The minimum atomic E-state index is -0.105. The van der Waals surface area contributed by atoms with Crippen molar-refractivity contribution >= 4 is 29.0 Å². The standard InChI is InChI=1S/C13H23N3O2S/c1-3-4-5-6-11-8-10(12(17)18-11)7-9(2)15-16-13(14)19/h10-11H,3-8H2,1-2H3,(H3,14,16,19)/b15-9-/t10-,11+/m0/s1. The summed E-state index contributed by atoms with van der Waals surface area (Å²) in [5.74, 6) is -0.185. The van der Waals surface area contributed by atoms with Crippen molar-refractivity contribution in [1.29, 1.82) is 0 Å². The molecule has 0 aliphatic carbocycles. The first-order valence-corrected chi connectivity index (χ1v) is 7.22. The van der Waals surface area contributed by atoms with Gasteiger partial charge >= 0.3 is 5.97 Å². The molecular formula is C13H23N3O2S. The lowest BCUT2D eigenvalue weighted by Crippen LogP contribution is -2.25. The fraction of sp³-hybridized carbons (Fsp3) is 0.769. The molecule has 5 nitrogen and oxygen atoms in total. The van der Waals surface area contributed by atoms with Crippen LogP contribution in [0.2, 0.25) is 0 Å². The van der Waals surface area contributed by atoms with Gasteiger partial charge in [-0.05, 0) is 38.4 Å². The molecule has 0 spiro atoms. The van der Waals surface area contributed by atoms with Gasteiger partial charge < -0.3 is 10.5 Å². The smallest absolute Gasteiger partial charge is 0.309 e. The molecule has 108 valence electrons. The number of nitrogens with one attached hydrogen (secondary N) is 1. The summed E-state index contributed by atoms with van der Waals surface area (Å²) in [7, 11) is 0. The van der Waals surface area contributed by atoms with Crippen LogP contribution in [-0.2, 0) is 9.53 Å². The Kier molecular flexibility index (Phi) is 6.77. The lowest BCUT2D eigenvalue weighted by Gasteiger charge is -2.07. The van der Waals surface area contributed by atoms with E-state index in [-0.39, 0.29) is 23.1 Å². The highest BCUT2D eigenvalue weighted by atomic mass is 32.1. The van der Waals surface area contributed by atoms with E-state index in [1.165, 1.54) is 12.8 Å². The van der Waals surface area contributed by atoms with Gasteiger partial charge in [0.1, 0.15) is 6.10 Å². The molecule has 6 heteroatoms. The van der Waals surface area contributed by atoms with Crippen LogP contribution in [-0.4, -0.2) is 22.9 Å². The molecule has 0 aromatic rings. The molecule has 1 saturated heterocycles. The van der Waals surface area contributed by atoms with E-state index < -0.39 is 0 Å². The number of hydrogen-bond acceptors (Lipinski definition) is 4. The third-order valence-corrected chi connectivity index (χ3v) is 3.28. The molecule has 3 N–H and O–H groups in total. The van der Waals surface area contributed by atoms with Crippen LogP contribution in [0.3, 0.4) is 0 Å². The van der Waals surface area contributed by atoms with E-state index in [0.29, 0.717) is 6.42 Å². The first-order chi connectivity index (χ1) is 9.02. The van der Waals surface area contributed by atoms with Crippen LogP contribution in [0, 0.1) is 5.92 Å². The van der Waals surface area contributed by atoms with Crippen LogP contribution < -0.4 is 11.2 Å². The summed E-state index contributed by atoms with van der Waals surface area (Å²) < 4.78 is 5.38. The molecule has 0 amide bonds. The number of ether oxygens (including phenoxy) is 1. The van der Waals surface area contributed by atoms with Gasteiger partial charge in [-0.25, -0.2) is 0 Å². The maximum absolute atomic E-state index is 11.7. The van der Waals surface area contributed by atoms with E-state index in [1.807, 2.05) is 6.92 Å². The van der Waals surface area contributed by atoms with Gasteiger partial charge in [0.25, 0.3) is 0 Å². The van der Waals surface area contributed by atoms with Crippen molar-refractivity contribution in [3.63, 3.8) is 0 Å². The van der Waals surface area contributed by atoms with Gasteiger partial charge in [-0.3, -0.25) is 10.2 Å². The minimum Gasteiger partial charge on any atom is -0.462 e. The molecule has 1 fully saturated rings. The third kappa shape index (κ3) is 6.00. The zero-order chi connectivity index (χ0) is 14.3. The summed E-state index contributed by atoms with van der Waals surface area (Å²) in [5.41, 5.74) is 8.63. The van der Waals surface area contributed by atoms with Crippen molar-refractivity contribution in [2.75, 3.05) is 0 Å². The number of thiocarbonyl (C=S) groups is 1. The summed E-state index contributed by atoms with van der Waals surface area (Å²) in [5, 5.41) is 4.15. The minimum absolute atomic E-state index is 0.0801. The number of esters is 1. The van der Waals surface area contributed by atoms with Gasteiger partial charge in [-0.2, -0.15) is 5.10 Å². The van der Waals surface area contributed by atoms with E-state index in [4.69, 9.17) is 10.5 Å². The Morgan fingerprint density at radius 3 is 2.95 bits per heavy atom. The highest BCUT2D eigenvalue weighted by Crippen LogP contribution is 2.27. The number of rotatable bonds is 7. The molecule has 1 rings (SSSR count). The summed E-state index contributed by atoms with van der Waals surface area (Å²) >= 11 is 4.67. The van der Waals surface area contributed by atoms with Crippen molar-refractivity contribution in [1.82, 2.24) is 5.43 Å². The largest absolute Gasteiger partial charge is 0.462 e. The Morgan fingerprint density at radius 2 is 2.32 bits per heavy atom. The maximum atomic E-state index is 11.7. The summed E-state index contributed by atoms with van der Waals surface area (Å²) in [6.07, 6.45) is 5.94. The predicted octanol–water partition coefficient (Wildman–Crippen LogP) is 2.10. The number of nitrogens with zero attached hydrogens (tertiary/aromatic N) is 1. The molecule has 0 saturated carbocycles. The average Bonchev–Trinajstić information content (AvgIpc) is 2.68. The molecule has 1 aliphatic heterocycles. The monoisotopic (exact) mass is 285 g/mol. The van der Waals surface area contributed by atoms with Crippen molar-refractivity contribution < 1.29 is 9.53 Å². The van der Waals surface area contributed by atoms with E-state index >= 15 is 0 Å². The number of carbonyl (C=O) groups excluding carboxylic acids is 1. The molecule has 19 heavy (non-hydrogen) atoms. The molecule has 1 heterocycles. The quantitative estimate of drug-likeness (QED) is 0.246. The van der Waals surface area contributed by atoms with Crippen molar-refractivity contribution in [2.24, 2.45) is 16.8 Å². The Labute approximate surface area is 120 Å². The SMILES string of the molecule is CCCCC[C@@H]1C[C@H](C/C(C)=N\NC(N)=S)C(=O)O1. The second kappa shape index (κ2) is 8.09. The summed E-state index contributed by atoms with van der Waals surface area (Å²) in [6, 6.07) is 0. The zero-order valence-corrected chi connectivity index (χ0v) is 12.5. The number of hydrazone groups is 1. The van der Waals surface area contributed by atoms with Gasteiger partial charge in [0.15, 0.2) is 5.11 Å². The Bertz CT molecular complexity index is 358. The number of carbonyl (C=O) groups is 1. The lowest BCUT2D eigenvalue weighted by atomic mass is 9.97. The molecule has 0 radical (unpaired) electrons. The normalized spacial score (nSPS) is 23.3. The Balaban J connectivity index is 2.36. The van der Waals surface area contributed by atoms with Crippen LogP contribution in [0.1, 0.15) is 52.4 Å². The van der Waals surface area contributed by atoms with Crippen LogP contribution in [0.4, 0.5) is 0 Å². The first-order valence-electron chi connectivity index (χ1n) is 6.82. The first kappa shape index (κ1) is 15.9. The number of unbranched alkanes of at least 4 members (excludes halogenated alkanes) is 2. The second-order valence-electron chi connectivity index (χ2n) is 5.01. The number of nitrogens with two attached hydrogens (primary N) is 1. The number of hydrogen-bond donors (Lipinski definition) is 2. The van der Waals surface area contributed by atoms with Gasteiger partial charge in [0, 0.05) is 12.1 Å². The molecule has 0 bridgehead atoms. The topological polar surface area (TPSA) is 76.7 Å². The van der Waals surface area contributed by atoms with Crippen molar-refractivity contribution in [3.8, 4) is 0 Å². The molecule has 1 aliphatic rings. The van der Waals surface area contributed by atoms with Crippen LogP contribution in [0.15, 0.2) is 5.10 Å². The van der Waals surface area contributed by atoms with Gasteiger partial charge in [-0.1, -0.05) is 19.8 Å². The highest BCUT2D eigenvalue weighted by molar-refractivity contribution is 7.80.